The number of rotatable bonds is 42. The number of nitrogens with one attached hydrogen (secondary N) is 10. The summed E-state index contributed by atoms with van der Waals surface area (Å²) < 4.78 is 0. The van der Waals surface area contributed by atoms with Crippen molar-refractivity contribution in [1.29, 1.82) is 0 Å². The minimum absolute atomic E-state index is 0.00275. The molecule has 590 valence electrons. The number of benzene rings is 3. The molecule has 108 heavy (non-hydrogen) atoms. The van der Waals surface area contributed by atoms with Crippen LogP contribution in [0, 0.1) is 11.8 Å². The van der Waals surface area contributed by atoms with E-state index in [4.69, 9.17) is 11.5 Å². The number of nitrogens with zero attached hydrogens (tertiary/aromatic N) is 4. The van der Waals surface area contributed by atoms with E-state index >= 15 is 0 Å². The first-order chi connectivity index (χ1) is 51.5. The van der Waals surface area contributed by atoms with E-state index in [-0.39, 0.29) is 127 Å². The van der Waals surface area contributed by atoms with Crippen molar-refractivity contribution in [3.8, 4) is 5.75 Å². The Hall–Kier alpha value is -10.7. The van der Waals surface area contributed by atoms with Crippen LogP contribution in [-0.4, -0.2) is 265 Å². The molecule has 2 fully saturated rings. The smallest absolute Gasteiger partial charge is 0.317 e. The summed E-state index contributed by atoms with van der Waals surface area (Å²) in [6.07, 6.45) is 3.60. The quantitative estimate of drug-likeness (QED) is 0.00983. The number of carboxylic acids is 3. The number of aliphatic imine (C=N–C) groups is 1. The van der Waals surface area contributed by atoms with Gasteiger partial charge in [0.05, 0.1) is 39.3 Å². The summed E-state index contributed by atoms with van der Waals surface area (Å²) >= 11 is 0. The lowest BCUT2D eigenvalue weighted by Gasteiger charge is -2.30. The maximum absolute atomic E-state index is 14.9. The Morgan fingerprint density at radius 2 is 0.954 bits per heavy atom. The van der Waals surface area contributed by atoms with Crippen LogP contribution in [0.25, 0.3) is 10.9 Å². The van der Waals surface area contributed by atoms with Crippen molar-refractivity contribution >= 4 is 87.9 Å². The first kappa shape index (κ1) is 86.2. The van der Waals surface area contributed by atoms with Gasteiger partial charge < -0.3 is 100 Å². The van der Waals surface area contributed by atoms with E-state index in [1.165, 1.54) is 24.3 Å². The normalized spacial score (nSPS) is 16.4. The van der Waals surface area contributed by atoms with Gasteiger partial charge in [-0.3, -0.25) is 77.2 Å². The molecule has 1 saturated heterocycles. The van der Waals surface area contributed by atoms with Gasteiger partial charge in [-0.25, -0.2) is 0 Å². The number of nitrogens with two attached hydrogens (primary N) is 2. The van der Waals surface area contributed by atoms with Crippen LogP contribution < -0.4 is 59.3 Å². The van der Waals surface area contributed by atoms with E-state index in [2.05, 4.69) is 64.4 Å². The minimum Gasteiger partial charge on any atom is -0.511 e. The van der Waals surface area contributed by atoms with Crippen molar-refractivity contribution in [1.82, 2.24) is 67.5 Å². The summed E-state index contributed by atoms with van der Waals surface area (Å²) in [5, 5.41) is 94.5. The van der Waals surface area contributed by atoms with Gasteiger partial charge in [0.25, 0.3) is 0 Å². The Kier molecular flexibility index (Phi) is 34.9. The molecule has 1 saturated carbocycles. The van der Waals surface area contributed by atoms with Gasteiger partial charge in [-0.2, -0.15) is 0 Å². The summed E-state index contributed by atoms with van der Waals surface area (Å²) in [5.41, 5.74) is 13.5. The largest absolute Gasteiger partial charge is 0.511 e. The fourth-order valence-corrected chi connectivity index (χ4v) is 12.8. The van der Waals surface area contributed by atoms with Gasteiger partial charge in [0, 0.05) is 82.2 Å². The fourth-order valence-electron chi connectivity index (χ4n) is 12.8. The number of carboxylic acid groups (broad SMARTS) is 3. The zero-order valence-corrected chi connectivity index (χ0v) is 60.8. The molecule has 4 aromatic rings. The number of H-pyrrole nitrogens is 1. The van der Waals surface area contributed by atoms with Gasteiger partial charge in [-0.05, 0) is 72.4 Å². The second kappa shape index (κ2) is 43.8. The van der Waals surface area contributed by atoms with Crippen LogP contribution >= 0.6 is 0 Å². The summed E-state index contributed by atoms with van der Waals surface area (Å²) in [7, 11) is 0. The highest BCUT2D eigenvalue weighted by atomic mass is 16.4. The number of fused-ring (bicyclic) bond motifs is 1. The second-order valence-electron chi connectivity index (χ2n) is 27.6. The van der Waals surface area contributed by atoms with E-state index < -0.39 is 157 Å². The molecule has 3 aromatic carbocycles. The molecule has 1 aromatic heterocycles. The van der Waals surface area contributed by atoms with Crippen molar-refractivity contribution < 1.29 is 93.3 Å². The number of aliphatic hydroxyl groups is 3. The van der Waals surface area contributed by atoms with Crippen LogP contribution in [0.2, 0.25) is 0 Å². The third-order valence-corrected chi connectivity index (χ3v) is 18.5. The van der Waals surface area contributed by atoms with Crippen LogP contribution in [-0.2, 0) is 76.8 Å². The summed E-state index contributed by atoms with van der Waals surface area (Å²) in [5.74, 6) is -13.7. The van der Waals surface area contributed by atoms with Crippen molar-refractivity contribution in [3.05, 3.63) is 114 Å². The number of aromatic amines is 1. The Labute approximate surface area is 624 Å². The van der Waals surface area contributed by atoms with E-state index in [9.17, 15) is 93.3 Å². The highest BCUT2D eigenvalue weighted by Gasteiger charge is 2.38. The molecular weight excluding hydrogens is 1400 g/mol. The molecule has 35 nitrogen and oxygen atoms in total. The maximum atomic E-state index is 14.9. The lowest BCUT2D eigenvalue weighted by molar-refractivity contribution is -0.141. The van der Waals surface area contributed by atoms with Gasteiger partial charge in [0.1, 0.15) is 65.9 Å². The summed E-state index contributed by atoms with van der Waals surface area (Å²) in [6.45, 7) is 4.97. The van der Waals surface area contributed by atoms with Crippen molar-refractivity contribution in [2.24, 2.45) is 28.3 Å². The number of aromatic nitrogens is 1. The molecule has 9 amide bonds. The predicted octanol–water partition coefficient (Wildman–Crippen LogP) is -2.05. The number of hydrogen-bond acceptors (Lipinski definition) is 20. The maximum Gasteiger partial charge on any atom is 0.317 e. The van der Waals surface area contributed by atoms with E-state index in [1.54, 1.807) is 83.3 Å². The molecule has 35 heteroatoms. The molecule has 21 N–H and O–H groups in total. The first-order valence-corrected chi connectivity index (χ1v) is 36.0. The Morgan fingerprint density at radius 1 is 0.509 bits per heavy atom. The van der Waals surface area contributed by atoms with Gasteiger partial charge in [-0.15, -0.1) is 0 Å². The zero-order valence-electron chi connectivity index (χ0n) is 60.8. The van der Waals surface area contributed by atoms with Crippen molar-refractivity contribution in [2.45, 2.75) is 152 Å². The van der Waals surface area contributed by atoms with Crippen LogP contribution in [0.4, 0.5) is 0 Å². The number of para-hydroxylation sites is 1. The van der Waals surface area contributed by atoms with Gasteiger partial charge in [0.15, 0.2) is 5.96 Å². The van der Waals surface area contributed by atoms with Gasteiger partial charge in [0.2, 0.25) is 53.2 Å². The molecule has 6 rings (SSSR count). The van der Waals surface area contributed by atoms with Crippen molar-refractivity contribution in [3.63, 3.8) is 0 Å². The third-order valence-electron chi connectivity index (χ3n) is 18.5. The average Bonchev–Trinajstić information content (AvgIpc) is 1.50. The Bertz CT molecular complexity index is 3710. The molecule has 2 aliphatic rings. The standard InChI is InChI=1S/C73H104N16O19/c1-43(2)31-53(66(102)84-57(70(106)85-59(41-90)44(3)92)35-48-37-77-51-18-11-10-17-50(48)51)80-67(103)56(34-47-20-22-49(93)23-21-47)81-65(101)52(19-12-24-76-73(74)75)79-72(108)60(42-91)86-69(105)55(33-46-15-8-5-9-16-46)82-68(104)54(32-45-13-6-4-7-14-45)83-71(107)58(36-62(95)96)78-61(94)38-87-25-27-88(39-63(97)98)29-30-89(28-26-87)40-64(99)100/h5,8-11,15-18,20-23,37,43,45,52-60,77,90-93H,3-4,6-7,12-14,19,24-36,38-42H2,1-2H3,(H,78,94)(H,79,108)(H,80,103)(H,81,101)(H,82,104)(H,83,107)(H,84,102)(H,85,106)(H,86,105)(H,95,96)(H,97,98)(H,99,100)(H4,74,75,76)/t52?,53-,54+,55?,56+,57+,58-,59+,60?/m1/s1. The SMILES string of the molecule is C=C(O)[C@H](CO)NC(=O)[C@H](Cc1c[nH]c2ccccc12)NC(=O)[C@@H](CC(C)C)NC(=O)[C@H](Cc1ccc(O)cc1)NC(=O)C(CCCN=C(N)N)NC(=O)C(CO)NC(=O)C(Cc1ccccc1)NC(=O)[C@H](CC1CCCCC1)NC(=O)[C@@H](CC(=O)O)NC(=O)CN1CCN(CC(=O)O)CCN(CC(=O)O)CC1. The second-order valence-corrected chi connectivity index (χ2v) is 27.6. The number of aliphatic hydroxyl groups excluding tert-OH is 3. The molecule has 1 aliphatic heterocycles. The lowest BCUT2D eigenvalue weighted by atomic mass is 9.84. The summed E-state index contributed by atoms with van der Waals surface area (Å²) in [4.78, 5) is 178. The van der Waals surface area contributed by atoms with Crippen LogP contribution in [0.15, 0.2) is 102 Å². The van der Waals surface area contributed by atoms with Crippen LogP contribution in [0.3, 0.4) is 0 Å². The lowest BCUT2D eigenvalue weighted by Crippen LogP contribution is -2.61. The fraction of sp³-hybridized carbons (Fsp3) is 0.521. The average molecular weight is 1510 g/mol. The molecular formula is C73H104N16O19. The van der Waals surface area contributed by atoms with E-state index in [0.717, 1.165) is 30.2 Å². The van der Waals surface area contributed by atoms with Crippen LogP contribution in [0.5, 0.6) is 5.75 Å². The predicted molar refractivity (Wildman–Crippen MR) is 395 cm³/mol. The number of hydrogen-bond donors (Lipinski definition) is 19. The topological polar surface area (TPSA) is 545 Å². The van der Waals surface area contributed by atoms with E-state index in [1.807, 2.05) is 6.07 Å². The number of carbonyl (C=O) groups excluding carboxylic acids is 9. The number of phenols is 1. The Morgan fingerprint density at radius 3 is 1.48 bits per heavy atom. The number of carbonyl (C=O) groups is 12. The Balaban J connectivity index is 1.24. The highest BCUT2D eigenvalue weighted by molar-refractivity contribution is 5.99. The molecule has 0 radical (unpaired) electrons. The molecule has 3 unspecified atom stereocenters. The number of aliphatic carboxylic acids is 3. The summed E-state index contributed by atoms with van der Waals surface area (Å²) in [6, 6.07) is 7.24. The van der Waals surface area contributed by atoms with Gasteiger partial charge >= 0.3 is 17.9 Å². The highest BCUT2D eigenvalue weighted by Crippen LogP contribution is 2.28. The molecule has 1 aliphatic carbocycles. The van der Waals surface area contributed by atoms with Crippen molar-refractivity contribution in [2.75, 3.05) is 78.7 Å². The third kappa shape index (κ3) is 29.5. The molecule has 2 heterocycles. The number of aromatic hydroxyl groups is 1. The molecule has 0 bridgehead atoms. The number of guanidine groups is 1. The number of amides is 9. The zero-order chi connectivity index (χ0) is 79.0. The molecule has 0 spiro atoms. The van der Waals surface area contributed by atoms with E-state index in [0.29, 0.717) is 29.5 Å². The minimum atomic E-state index is -1.86. The van der Waals surface area contributed by atoms with Gasteiger partial charge in [-0.1, -0.05) is 113 Å². The van der Waals surface area contributed by atoms with Crippen LogP contribution in [0.1, 0.15) is 94.7 Å². The first-order valence-electron chi connectivity index (χ1n) is 36.0. The number of phenolic OH excluding ortho intramolecular Hbond substituents is 1. The monoisotopic (exact) mass is 1510 g/mol. The molecule has 9 atom stereocenters.